The molecule has 0 radical (unpaired) electrons. The summed E-state index contributed by atoms with van der Waals surface area (Å²) >= 11 is 11.8. The van der Waals surface area contributed by atoms with Gasteiger partial charge in [0.15, 0.2) is 16.6 Å². The van der Waals surface area contributed by atoms with Crippen LogP contribution in [0.25, 0.3) is 6.08 Å². The summed E-state index contributed by atoms with van der Waals surface area (Å²) in [6.07, 6.45) is 1.56. The summed E-state index contributed by atoms with van der Waals surface area (Å²) in [5.74, 6) is 0.00783. The number of nitrogens with zero attached hydrogens (tertiary/aromatic N) is 2. The molecule has 0 aromatic heterocycles. The van der Waals surface area contributed by atoms with E-state index in [0.717, 1.165) is 5.56 Å². The van der Waals surface area contributed by atoms with Crippen LogP contribution in [0.1, 0.15) is 18.1 Å². The predicted molar refractivity (Wildman–Crippen MR) is 162 cm³/mol. The number of hydrogen-bond acceptors (Lipinski definition) is 5. The van der Waals surface area contributed by atoms with Gasteiger partial charge < -0.3 is 9.47 Å². The maximum Gasteiger partial charge on any atom is 0.270 e. The fourth-order valence-electron chi connectivity index (χ4n) is 4.30. The number of amides is 2. The van der Waals surface area contributed by atoms with Crippen LogP contribution in [0.2, 0.25) is 5.02 Å². The Labute approximate surface area is 243 Å². The van der Waals surface area contributed by atoms with Crippen molar-refractivity contribution in [1.82, 2.24) is 0 Å². The van der Waals surface area contributed by atoms with Crippen molar-refractivity contribution in [2.75, 3.05) is 16.4 Å². The number of carbonyl (C=O) groups is 2. The molecule has 8 heteroatoms. The molecular weight excluding hydrogens is 544 g/mol. The Kier molecular flexibility index (Phi) is 8.24. The molecule has 0 saturated carbocycles. The lowest BCUT2D eigenvalue weighted by Gasteiger charge is -2.36. The molecule has 0 spiro atoms. The Balaban J connectivity index is 1.52. The molecule has 0 N–H and O–H groups in total. The zero-order valence-electron chi connectivity index (χ0n) is 21.6. The highest BCUT2D eigenvalue weighted by molar-refractivity contribution is 7.81. The largest absolute Gasteiger partial charge is 0.490 e. The summed E-state index contributed by atoms with van der Waals surface area (Å²) in [5, 5.41) is 0.716. The van der Waals surface area contributed by atoms with E-state index in [1.807, 2.05) is 61.5 Å². The minimum Gasteiger partial charge on any atom is -0.490 e. The number of ether oxygens (including phenoxy) is 2. The quantitative estimate of drug-likeness (QED) is 0.129. The number of para-hydroxylation sites is 2. The molecule has 4 aromatic carbocycles. The van der Waals surface area contributed by atoms with Gasteiger partial charge >= 0.3 is 0 Å². The molecule has 1 fully saturated rings. The molecule has 1 saturated heterocycles. The molecule has 2 amide bonds. The fraction of sp³-hybridized carbons (Fsp3) is 0.0938. The molecule has 0 unspecified atom stereocenters. The summed E-state index contributed by atoms with van der Waals surface area (Å²) in [6.45, 7) is 2.58. The SMILES string of the molecule is CCOc1cc(C=C2C(=O)N(c3ccccc3)C(=S)N(c3ccccc3)C2=O)ccc1OCc1cccc(Cl)c1. The highest BCUT2D eigenvalue weighted by atomic mass is 35.5. The molecule has 1 aliphatic rings. The van der Waals surface area contributed by atoms with Gasteiger partial charge in [-0.15, -0.1) is 0 Å². The maximum atomic E-state index is 13.7. The van der Waals surface area contributed by atoms with Crippen molar-refractivity contribution < 1.29 is 19.1 Å². The summed E-state index contributed by atoms with van der Waals surface area (Å²) < 4.78 is 11.8. The van der Waals surface area contributed by atoms with Crippen molar-refractivity contribution in [1.29, 1.82) is 0 Å². The van der Waals surface area contributed by atoms with E-state index in [0.29, 0.717) is 46.7 Å². The van der Waals surface area contributed by atoms with Gasteiger partial charge in [-0.05, 0) is 84.9 Å². The Morgan fingerprint density at radius 3 is 1.95 bits per heavy atom. The minimum atomic E-state index is -0.507. The number of carbonyl (C=O) groups excluding carboxylic acids is 2. The number of hydrogen-bond donors (Lipinski definition) is 0. The third kappa shape index (κ3) is 5.76. The van der Waals surface area contributed by atoms with Gasteiger partial charge in [-0.1, -0.05) is 66.2 Å². The second-order valence-corrected chi connectivity index (χ2v) is 9.65. The molecule has 40 heavy (non-hydrogen) atoms. The number of benzene rings is 4. The first-order valence-corrected chi connectivity index (χ1v) is 13.4. The van der Waals surface area contributed by atoms with Gasteiger partial charge in [-0.3, -0.25) is 19.4 Å². The van der Waals surface area contributed by atoms with Gasteiger partial charge in [0.2, 0.25) is 0 Å². The highest BCUT2D eigenvalue weighted by Crippen LogP contribution is 2.33. The Bertz CT molecular complexity index is 1530. The average molecular weight is 569 g/mol. The van der Waals surface area contributed by atoms with Gasteiger partial charge in [0.25, 0.3) is 11.8 Å². The zero-order valence-corrected chi connectivity index (χ0v) is 23.2. The van der Waals surface area contributed by atoms with Crippen LogP contribution in [0.4, 0.5) is 11.4 Å². The second-order valence-electron chi connectivity index (χ2n) is 8.85. The van der Waals surface area contributed by atoms with Crippen molar-refractivity contribution in [3.8, 4) is 11.5 Å². The van der Waals surface area contributed by atoms with Gasteiger partial charge in [0.1, 0.15) is 12.2 Å². The normalized spacial score (nSPS) is 13.4. The van der Waals surface area contributed by atoms with Crippen molar-refractivity contribution in [3.05, 3.63) is 125 Å². The van der Waals surface area contributed by atoms with Crippen LogP contribution in [-0.2, 0) is 16.2 Å². The number of rotatable bonds is 8. The number of halogens is 1. The minimum absolute atomic E-state index is 0.0312. The highest BCUT2D eigenvalue weighted by Gasteiger charge is 2.41. The number of anilines is 2. The van der Waals surface area contributed by atoms with Crippen molar-refractivity contribution >= 4 is 58.2 Å². The Hall–Kier alpha value is -4.46. The van der Waals surface area contributed by atoms with E-state index in [1.165, 1.54) is 9.80 Å². The first kappa shape index (κ1) is 27.1. The van der Waals surface area contributed by atoms with E-state index in [1.54, 1.807) is 54.6 Å². The van der Waals surface area contributed by atoms with E-state index in [4.69, 9.17) is 33.3 Å². The first-order valence-electron chi connectivity index (χ1n) is 12.6. The number of thiocarbonyl (C=S) groups is 1. The van der Waals surface area contributed by atoms with Crippen LogP contribution in [0.3, 0.4) is 0 Å². The molecular formula is C32H25ClN2O4S. The topological polar surface area (TPSA) is 59.1 Å². The zero-order chi connectivity index (χ0) is 28.1. The molecule has 6 nitrogen and oxygen atoms in total. The molecule has 5 rings (SSSR count). The van der Waals surface area contributed by atoms with Gasteiger partial charge in [-0.2, -0.15) is 0 Å². The van der Waals surface area contributed by atoms with Crippen LogP contribution in [0.15, 0.2) is 109 Å². The van der Waals surface area contributed by atoms with E-state index in [-0.39, 0.29) is 10.7 Å². The third-order valence-corrected chi connectivity index (χ3v) is 6.74. The molecule has 4 aromatic rings. The second kappa shape index (κ2) is 12.2. The van der Waals surface area contributed by atoms with Crippen LogP contribution in [-0.4, -0.2) is 23.5 Å². The third-order valence-electron chi connectivity index (χ3n) is 6.14. The predicted octanol–water partition coefficient (Wildman–Crippen LogP) is 7.07. The summed E-state index contributed by atoms with van der Waals surface area (Å²) in [7, 11) is 0. The standard InChI is InChI=1S/C32H25ClN2O4S/c1-2-38-29-20-22(16-17-28(29)39-21-23-10-9-11-24(33)18-23)19-27-30(36)34(25-12-5-3-6-13-25)32(40)35(31(27)37)26-14-7-4-8-15-26/h3-20H,2,21H2,1H3. The lowest BCUT2D eigenvalue weighted by Crippen LogP contribution is -2.56. The average Bonchev–Trinajstić information content (AvgIpc) is 2.96. The van der Waals surface area contributed by atoms with Crippen LogP contribution in [0, 0.1) is 0 Å². The smallest absolute Gasteiger partial charge is 0.270 e. The van der Waals surface area contributed by atoms with Crippen LogP contribution in [0.5, 0.6) is 11.5 Å². The van der Waals surface area contributed by atoms with E-state index in [9.17, 15) is 9.59 Å². The van der Waals surface area contributed by atoms with Crippen molar-refractivity contribution in [2.45, 2.75) is 13.5 Å². The molecule has 1 aliphatic heterocycles. The van der Waals surface area contributed by atoms with E-state index in [2.05, 4.69) is 0 Å². The maximum absolute atomic E-state index is 13.7. The molecule has 1 heterocycles. The van der Waals surface area contributed by atoms with Gasteiger partial charge in [0.05, 0.1) is 18.0 Å². The molecule has 200 valence electrons. The molecule has 0 bridgehead atoms. The van der Waals surface area contributed by atoms with Crippen LogP contribution >= 0.6 is 23.8 Å². The lowest BCUT2D eigenvalue weighted by atomic mass is 10.0. The summed E-state index contributed by atoms with van der Waals surface area (Å²) in [6, 6.07) is 30.8. The van der Waals surface area contributed by atoms with Crippen LogP contribution < -0.4 is 19.3 Å². The monoisotopic (exact) mass is 568 g/mol. The van der Waals surface area contributed by atoms with E-state index < -0.39 is 11.8 Å². The fourth-order valence-corrected chi connectivity index (χ4v) is 4.89. The van der Waals surface area contributed by atoms with Crippen molar-refractivity contribution in [2.24, 2.45) is 0 Å². The lowest BCUT2D eigenvalue weighted by molar-refractivity contribution is -0.120. The molecule has 0 aliphatic carbocycles. The van der Waals surface area contributed by atoms with Gasteiger partial charge in [-0.25, -0.2) is 0 Å². The summed E-state index contributed by atoms with van der Waals surface area (Å²) in [5.41, 5.74) is 2.62. The van der Waals surface area contributed by atoms with Crippen molar-refractivity contribution in [3.63, 3.8) is 0 Å². The molecule has 0 atom stereocenters. The Morgan fingerprint density at radius 1 is 0.750 bits per heavy atom. The Morgan fingerprint density at radius 2 is 1.38 bits per heavy atom. The first-order chi connectivity index (χ1) is 19.5. The van der Waals surface area contributed by atoms with E-state index >= 15 is 0 Å². The van der Waals surface area contributed by atoms with Gasteiger partial charge in [0, 0.05) is 5.02 Å². The summed E-state index contributed by atoms with van der Waals surface area (Å²) in [4.78, 5) is 30.2.